The number of esters is 1. The average molecular weight is 303 g/mol. The van der Waals surface area contributed by atoms with Crippen molar-refractivity contribution in [2.75, 3.05) is 0 Å². The van der Waals surface area contributed by atoms with Crippen LogP contribution in [0.25, 0.3) is 0 Å². The van der Waals surface area contributed by atoms with Crippen molar-refractivity contribution in [1.82, 2.24) is 9.59 Å². The highest BCUT2D eigenvalue weighted by Crippen LogP contribution is 2.28. The van der Waals surface area contributed by atoms with E-state index in [0.717, 1.165) is 11.5 Å². The van der Waals surface area contributed by atoms with E-state index in [-0.39, 0.29) is 10.8 Å². The number of carbonyl (C=O) groups excluding carboxylic acids is 1. The third-order valence-electron chi connectivity index (χ3n) is 2.17. The summed E-state index contributed by atoms with van der Waals surface area (Å²) in [6.07, 6.45) is 0.620. The van der Waals surface area contributed by atoms with Gasteiger partial charge in [0.05, 0.1) is 10.7 Å². The maximum absolute atomic E-state index is 11.9. The maximum Gasteiger partial charge on any atom is 0.357 e. The summed E-state index contributed by atoms with van der Waals surface area (Å²) in [5.74, 6) is -0.243. The minimum absolute atomic E-state index is 0.265. The van der Waals surface area contributed by atoms with Crippen molar-refractivity contribution in [3.63, 3.8) is 0 Å². The number of hydrogen-bond donors (Lipinski definition) is 0. The van der Waals surface area contributed by atoms with Gasteiger partial charge < -0.3 is 4.74 Å². The minimum atomic E-state index is -0.508. The van der Waals surface area contributed by atoms with E-state index in [4.69, 9.17) is 27.9 Å². The number of nitrogens with zero attached hydrogens (tertiary/aromatic N) is 2. The standard InChI is InChI=1S/C11H8Cl2N2O2S/c1-2-8-10(18-15-14-8)11(16)17-9-4-3-6(12)5-7(9)13/h3-5H,2H2,1H3. The molecule has 7 heteroatoms. The highest BCUT2D eigenvalue weighted by molar-refractivity contribution is 7.07. The fourth-order valence-electron chi connectivity index (χ4n) is 1.30. The first-order chi connectivity index (χ1) is 8.61. The van der Waals surface area contributed by atoms with Crippen LogP contribution in [-0.2, 0) is 6.42 Å². The number of benzene rings is 1. The summed E-state index contributed by atoms with van der Waals surface area (Å²) in [6.45, 7) is 1.89. The van der Waals surface area contributed by atoms with Crippen molar-refractivity contribution in [3.05, 3.63) is 38.8 Å². The molecule has 1 aromatic carbocycles. The summed E-state index contributed by atoms with van der Waals surface area (Å²) in [7, 11) is 0. The number of rotatable bonds is 3. The first kappa shape index (κ1) is 13.3. The molecule has 0 spiro atoms. The van der Waals surface area contributed by atoms with Crippen LogP contribution < -0.4 is 4.74 Å². The van der Waals surface area contributed by atoms with Gasteiger partial charge in [-0.15, -0.1) is 5.10 Å². The van der Waals surface area contributed by atoms with Gasteiger partial charge in [0.1, 0.15) is 5.75 Å². The molecule has 94 valence electrons. The largest absolute Gasteiger partial charge is 0.421 e. The molecule has 2 rings (SSSR count). The van der Waals surface area contributed by atoms with Gasteiger partial charge >= 0.3 is 5.97 Å². The van der Waals surface area contributed by atoms with Gasteiger partial charge in [0, 0.05) is 5.02 Å². The third kappa shape index (κ3) is 2.80. The minimum Gasteiger partial charge on any atom is -0.421 e. The van der Waals surface area contributed by atoms with E-state index in [9.17, 15) is 4.79 Å². The highest BCUT2D eigenvalue weighted by atomic mass is 35.5. The molecule has 4 nitrogen and oxygen atoms in total. The molecule has 0 saturated heterocycles. The number of aromatic nitrogens is 2. The maximum atomic E-state index is 11.9. The van der Waals surface area contributed by atoms with E-state index >= 15 is 0 Å². The summed E-state index contributed by atoms with van der Waals surface area (Å²) in [6, 6.07) is 4.65. The van der Waals surface area contributed by atoms with Gasteiger partial charge in [0.25, 0.3) is 0 Å². The van der Waals surface area contributed by atoms with Gasteiger partial charge in [0.15, 0.2) is 4.88 Å². The number of hydrogen-bond acceptors (Lipinski definition) is 5. The molecule has 18 heavy (non-hydrogen) atoms. The first-order valence-electron chi connectivity index (χ1n) is 5.10. The fourth-order valence-corrected chi connectivity index (χ4v) is 2.37. The fraction of sp³-hybridized carbons (Fsp3) is 0.182. The molecular weight excluding hydrogens is 295 g/mol. The Kier molecular flexibility index (Phi) is 4.16. The molecular formula is C11H8Cl2N2O2S. The summed E-state index contributed by atoms with van der Waals surface area (Å²) < 4.78 is 8.92. The lowest BCUT2D eigenvalue weighted by molar-refractivity contribution is 0.0738. The van der Waals surface area contributed by atoms with Crippen LogP contribution in [0.5, 0.6) is 5.75 Å². The zero-order valence-corrected chi connectivity index (χ0v) is 11.6. The quantitative estimate of drug-likeness (QED) is 0.642. The molecule has 1 heterocycles. The number of halogens is 2. The topological polar surface area (TPSA) is 52.1 Å². The molecule has 0 aliphatic rings. The molecule has 0 N–H and O–H groups in total. The Morgan fingerprint density at radius 3 is 2.89 bits per heavy atom. The summed E-state index contributed by atoms with van der Waals surface area (Å²) in [4.78, 5) is 12.3. The summed E-state index contributed by atoms with van der Waals surface area (Å²) in [5.41, 5.74) is 0.620. The molecule has 0 saturated carbocycles. The summed E-state index contributed by atoms with van der Waals surface area (Å²) >= 11 is 12.7. The van der Waals surface area contributed by atoms with Gasteiger partial charge in [-0.2, -0.15) is 0 Å². The van der Waals surface area contributed by atoms with E-state index in [2.05, 4.69) is 9.59 Å². The number of aryl methyl sites for hydroxylation is 1. The second-order valence-corrected chi connectivity index (χ2v) is 4.96. The van der Waals surface area contributed by atoms with Crippen molar-refractivity contribution in [2.45, 2.75) is 13.3 Å². The van der Waals surface area contributed by atoms with Gasteiger partial charge in [0.2, 0.25) is 0 Å². The molecule has 0 aliphatic carbocycles. The molecule has 0 aliphatic heterocycles. The predicted octanol–water partition coefficient (Wildman–Crippen LogP) is 3.63. The van der Waals surface area contributed by atoms with E-state index < -0.39 is 5.97 Å². The van der Waals surface area contributed by atoms with E-state index in [1.165, 1.54) is 6.07 Å². The Bertz CT molecular complexity index is 586. The van der Waals surface area contributed by atoms with Crippen molar-refractivity contribution in [2.24, 2.45) is 0 Å². The van der Waals surface area contributed by atoms with Crippen molar-refractivity contribution >= 4 is 40.7 Å². The van der Waals surface area contributed by atoms with Crippen LogP contribution in [0.2, 0.25) is 10.0 Å². The lowest BCUT2D eigenvalue weighted by Crippen LogP contribution is -2.09. The van der Waals surface area contributed by atoms with Crippen LogP contribution in [-0.4, -0.2) is 15.6 Å². The van der Waals surface area contributed by atoms with Crippen molar-refractivity contribution in [1.29, 1.82) is 0 Å². The second-order valence-electron chi connectivity index (χ2n) is 3.37. The molecule has 0 atom stereocenters. The summed E-state index contributed by atoms with van der Waals surface area (Å²) in [5, 5.41) is 4.61. The molecule has 0 bridgehead atoms. The van der Waals surface area contributed by atoms with E-state index in [1.807, 2.05) is 6.92 Å². The van der Waals surface area contributed by atoms with Gasteiger partial charge in [-0.3, -0.25) is 0 Å². The molecule has 1 aromatic heterocycles. The highest BCUT2D eigenvalue weighted by Gasteiger charge is 2.18. The Hall–Kier alpha value is -1.17. The smallest absolute Gasteiger partial charge is 0.357 e. The first-order valence-corrected chi connectivity index (χ1v) is 6.63. The van der Waals surface area contributed by atoms with Crippen LogP contribution in [0.4, 0.5) is 0 Å². The van der Waals surface area contributed by atoms with Crippen molar-refractivity contribution in [3.8, 4) is 5.75 Å². The lowest BCUT2D eigenvalue weighted by atomic mass is 10.3. The molecule has 0 amide bonds. The van der Waals surface area contributed by atoms with Crippen LogP contribution in [0.15, 0.2) is 18.2 Å². The molecule has 0 unspecified atom stereocenters. The molecule has 0 fully saturated rings. The van der Waals surface area contributed by atoms with Crippen LogP contribution in [0.3, 0.4) is 0 Å². The van der Waals surface area contributed by atoms with Crippen LogP contribution in [0, 0.1) is 0 Å². The normalized spacial score (nSPS) is 10.4. The Labute approximate surface area is 118 Å². The van der Waals surface area contributed by atoms with Crippen LogP contribution in [0.1, 0.15) is 22.3 Å². The monoisotopic (exact) mass is 302 g/mol. The zero-order valence-electron chi connectivity index (χ0n) is 9.31. The van der Waals surface area contributed by atoms with E-state index in [0.29, 0.717) is 22.0 Å². The Morgan fingerprint density at radius 1 is 1.44 bits per heavy atom. The second kappa shape index (κ2) is 5.65. The Morgan fingerprint density at radius 2 is 2.22 bits per heavy atom. The SMILES string of the molecule is CCc1nnsc1C(=O)Oc1ccc(Cl)cc1Cl. The Balaban J connectivity index is 2.21. The van der Waals surface area contributed by atoms with Gasteiger partial charge in [-0.25, -0.2) is 4.79 Å². The van der Waals surface area contributed by atoms with E-state index in [1.54, 1.807) is 12.1 Å². The molecule has 0 radical (unpaired) electrons. The number of ether oxygens (including phenoxy) is 1. The zero-order chi connectivity index (χ0) is 13.1. The molecule has 2 aromatic rings. The van der Waals surface area contributed by atoms with Gasteiger partial charge in [-0.05, 0) is 36.2 Å². The third-order valence-corrected chi connectivity index (χ3v) is 3.45. The van der Waals surface area contributed by atoms with Crippen molar-refractivity contribution < 1.29 is 9.53 Å². The average Bonchev–Trinajstić information content (AvgIpc) is 2.81. The predicted molar refractivity (Wildman–Crippen MR) is 70.7 cm³/mol. The van der Waals surface area contributed by atoms with Gasteiger partial charge in [-0.1, -0.05) is 34.6 Å². The lowest BCUT2D eigenvalue weighted by Gasteiger charge is -2.05. The number of carbonyl (C=O) groups is 1. The van der Waals surface area contributed by atoms with Crippen LogP contribution >= 0.6 is 34.7 Å².